The molecule has 0 radical (unpaired) electrons. The molecule has 0 spiro atoms. The van der Waals surface area contributed by atoms with E-state index in [0.29, 0.717) is 0 Å². The summed E-state index contributed by atoms with van der Waals surface area (Å²) in [6.45, 7) is 7.38. The van der Waals surface area contributed by atoms with Crippen LogP contribution in [0.1, 0.15) is 27.2 Å². The predicted molar refractivity (Wildman–Crippen MR) is 41.0 cm³/mol. The van der Waals surface area contributed by atoms with Crippen LogP contribution < -0.4 is 0 Å². The van der Waals surface area contributed by atoms with Gasteiger partial charge in [0.05, 0.1) is 6.54 Å². The van der Waals surface area contributed by atoms with Crippen molar-refractivity contribution in [2.24, 2.45) is 4.99 Å². The molecule has 0 aliphatic carbocycles. The molecule has 0 atom stereocenters. The van der Waals surface area contributed by atoms with Gasteiger partial charge in [-0.2, -0.15) is 0 Å². The van der Waals surface area contributed by atoms with E-state index in [1.165, 1.54) is 16.9 Å². The number of hydrogen-bond donors (Lipinski definition) is 0. The van der Waals surface area contributed by atoms with Gasteiger partial charge in [0.15, 0.2) is 0 Å². The lowest BCUT2D eigenvalue weighted by Crippen LogP contribution is -1.88. The van der Waals surface area contributed by atoms with Gasteiger partial charge in [0.1, 0.15) is 0 Å². The minimum Gasteiger partial charge on any atom is -0.285 e. The summed E-state index contributed by atoms with van der Waals surface area (Å²) in [6.07, 6.45) is 1.16. The average Bonchev–Trinajstić information content (AvgIpc) is 2.15. The van der Waals surface area contributed by atoms with Crippen molar-refractivity contribution in [3.05, 3.63) is 11.1 Å². The van der Waals surface area contributed by atoms with Crippen molar-refractivity contribution >= 4 is 5.71 Å². The van der Waals surface area contributed by atoms with Crippen LogP contribution in [0, 0.1) is 0 Å². The maximum atomic E-state index is 4.31. The zero-order chi connectivity index (χ0) is 6.85. The largest absolute Gasteiger partial charge is 0.285 e. The molecule has 1 nitrogen and oxygen atoms in total. The lowest BCUT2D eigenvalue weighted by molar-refractivity contribution is 1.02. The summed E-state index contributed by atoms with van der Waals surface area (Å²) in [5.74, 6) is 0. The first-order valence-corrected chi connectivity index (χ1v) is 3.45. The van der Waals surface area contributed by atoms with Crippen LogP contribution >= 0.6 is 0 Å². The molecule has 0 saturated carbocycles. The molecule has 0 aromatic carbocycles. The fourth-order valence-electron chi connectivity index (χ4n) is 1.08. The maximum Gasteiger partial charge on any atom is 0.0609 e. The van der Waals surface area contributed by atoms with Crippen LogP contribution in [0.25, 0.3) is 0 Å². The zero-order valence-electron chi connectivity index (χ0n) is 6.36. The third kappa shape index (κ3) is 1.04. The quantitative estimate of drug-likeness (QED) is 0.507. The van der Waals surface area contributed by atoms with Gasteiger partial charge < -0.3 is 0 Å². The van der Waals surface area contributed by atoms with Crippen molar-refractivity contribution in [1.82, 2.24) is 0 Å². The molecule has 0 aromatic rings. The summed E-state index contributed by atoms with van der Waals surface area (Å²) < 4.78 is 0. The molecule has 0 unspecified atom stereocenters. The summed E-state index contributed by atoms with van der Waals surface area (Å²) in [5, 5.41) is 0. The number of aliphatic imine (C=N–C) groups is 1. The second kappa shape index (κ2) is 2.34. The van der Waals surface area contributed by atoms with Gasteiger partial charge >= 0.3 is 0 Å². The molecule has 1 aliphatic rings. The average molecular weight is 123 g/mol. The van der Waals surface area contributed by atoms with Gasteiger partial charge in [-0.05, 0) is 31.4 Å². The summed E-state index contributed by atoms with van der Waals surface area (Å²) in [4.78, 5) is 4.31. The van der Waals surface area contributed by atoms with Gasteiger partial charge in [-0.15, -0.1) is 0 Å². The molecule has 0 bridgehead atoms. The molecule has 0 saturated heterocycles. The van der Waals surface area contributed by atoms with Crippen LogP contribution in [0.3, 0.4) is 0 Å². The Hall–Kier alpha value is -0.590. The first kappa shape index (κ1) is 6.53. The second-order valence-corrected chi connectivity index (χ2v) is 2.48. The molecule has 0 amide bonds. The predicted octanol–water partition coefficient (Wildman–Crippen LogP) is 2.19. The molecule has 1 aliphatic heterocycles. The van der Waals surface area contributed by atoms with Gasteiger partial charge in [0.25, 0.3) is 0 Å². The molecule has 1 heterocycles. The van der Waals surface area contributed by atoms with E-state index in [9.17, 15) is 0 Å². The van der Waals surface area contributed by atoms with Crippen LogP contribution in [0.4, 0.5) is 0 Å². The Morgan fingerprint density at radius 1 is 1.44 bits per heavy atom. The Kier molecular flexibility index (Phi) is 1.70. The highest BCUT2D eigenvalue weighted by atomic mass is 14.8. The van der Waals surface area contributed by atoms with Gasteiger partial charge in [0, 0.05) is 5.71 Å². The Labute approximate surface area is 56.5 Å². The first-order valence-electron chi connectivity index (χ1n) is 3.45. The maximum absolute atomic E-state index is 4.31. The fourth-order valence-corrected chi connectivity index (χ4v) is 1.08. The van der Waals surface area contributed by atoms with E-state index in [-0.39, 0.29) is 0 Å². The second-order valence-electron chi connectivity index (χ2n) is 2.48. The molecule has 0 aromatic heterocycles. The molecule has 1 heteroatoms. The number of nitrogens with zero attached hydrogens (tertiary/aromatic N) is 1. The standard InChI is InChI=1S/C8H13N/c1-4-8-5-9-7(3)6(8)2/h4-5H2,1-3H3. The lowest BCUT2D eigenvalue weighted by atomic mass is 10.1. The first-order chi connectivity index (χ1) is 4.25. The highest BCUT2D eigenvalue weighted by Crippen LogP contribution is 2.16. The van der Waals surface area contributed by atoms with Crippen molar-refractivity contribution in [1.29, 1.82) is 0 Å². The Morgan fingerprint density at radius 3 is 2.33 bits per heavy atom. The van der Waals surface area contributed by atoms with Crippen LogP contribution in [0.5, 0.6) is 0 Å². The smallest absolute Gasteiger partial charge is 0.0609 e. The number of allylic oxidation sites excluding steroid dienone is 1. The van der Waals surface area contributed by atoms with Crippen LogP contribution in [-0.2, 0) is 0 Å². The van der Waals surface area contributed by atoms with Crippen molar-refractivity contribution < 1.29 is 0 Å². The summed E-state index contributed by atoms with van der Waals surface area (Å²) in [5.41, 5.74) is 4.15. The van der Waals surface area contributed by atoms with E-state index >= 15 is 0 Å². The molecule has 50 valence electrons. The molecular weight excluding hydrogens is 110 g/mol. The van der Waals surface area contributed by atoms with Crippen LogP contribution in [0.15, 0.2) is 16.1 Å². The third-order valence-electron chi connectivity index (χ3n) is 2.01. The monoisotopic (exact) mass is 123 g/mol. The summed E-state index contributed by atoms with van der Waals surface area (Å²) in [7, 11) is 0. The summed E-state index contributed by atoms with van der Waals surface area (Å²) >= 11 is 0. The lowest BCUT2D eigenvalue weighted by Gasteiger charge is -1.95. The SMILES string of the molecule is CCC1=C(C)C(C)=NC1. The van der Waals surface area contributed by atoms with E-state index in [0.717, 1.165) is 13.0 Å². The van der Waals surface area contributed by atoms with Gasteiger partial charge in [-0.1, -0.05) is 6.92 Å². The van der Waals surface area contributed by atoms with Crippen molar-refractivity contribution in [2.45, 2.75) is 27.2 Å². The van der Waals surface area contributed by atoms with E-state index in [4.69, 9.17) is 0 Å². The van der Waals surface area contributed by atoms with Crippen molar-refractivity contribution in [3.63, 3.8) is 0 Å². The molecule has 0 fully saturated rings. The highest BCUT2D eigenvalue weighted by Gasteiger charge is 2.08. The van der Waals surface area contributed by atoms with E-state index in [1.807, 2.05) is 0 Å². The van der Waals surface area contributed by atoms with Crippen molar-refractivity contribution in [3.8, 4) is 0 Å². The number of hydrogen-bond acceptors (Lipinski definition) is 1. The summed E-state index contributed by atoms with van der Waals surface area (Å²) in [6, 6.07) is 0. The minimum absolute atomic E-state index is 0.953. The molecular formula is C8H13N. The third-order valence-corrected chi connectivity index (χ3v) is 2.01. The Bertz CT molecular complexity index is 175. The Balaban J connectivity index is 2.79. The van der Waals surface area contributed by atoms with Crippen molar-refractivity contribution in [2.75, 3.05) is 6.54 Å². The van der Waals surface area contributed by atoms with E-state index in [1.54, 1.807) is 0 Å². The van der Waals surface area contributed by atoms with Gasteiger partial charge in [0.2, 0.25) is 0 Å². The van der Waals surface area contributed by atoms with E-state index in [2.05, 4.69) is 25.8 Å². The highest BCUT2D eigenvalue weighted by molar-refractivity contribution is 6.00. The fraction of sp³-hybridized carbons (Fsp3) is 0.625. The molecule has 1 rings (SSSR count). The van der Waals surface area contributed by atoms with Crippen LogP contribution in [-0.4, -0.2) is 12.3 Å². The zero-order valence-corrected chi connectivity index (χ0v) is 6.36. The van der Waals surface area contributed by atoms with Crippen LogP contribution in [0.2, 0.25) is 0 Å². The topological polar surface area (TPSA) is 12.4 Å². The normalized spacial score (nSPS) is 18.8. The Morgan fingerprint density at radius 2 is 2.11 bits per heavy atom. The molecule has 9 heavy (non-hydrogen) atoms. The number of rotatable bonds is 1. The molecule has 0 N–H and O–H groups in total. The minimum atomic E-state index is 0.953. The van der Waals surface area contributed by atoms with Gasteiger partial charge in [-0.25, -0.2) is 0 Å². The van der Waals surface area contributed by atoms with Gasteiger partial charge in [-0.3, -0.25) is 4.99 Å². The van der Waals surface area contributed by atoms with E-state index < -0.39 is 0 Å².